The van der Waals surface area contributed by atoms with Crippen molar-refractivity contribution in [1.82, 2.24) is 9.62 Å². The normalized spacial score (nSPS) is 19.4. The molecule has 1 fully saturated rings. The van der Waals surface area contributed by atoms with Crippen molar-refractivity contribution in [2.75, 3.05) is 18.8 Å². The molecular formula is C18H28N2O3S. The summed E-state index contributed by atoms with van der Waals surface area (Å²) in [5.74, 6) is -0.125. The molecule has 2 rings (SSSR count). The van der Waals surface area contributed by atoms with Gasteiger partial charge in [0, 0.05) is 19.1 Å². The summed E-state index contributed by atoms with van der Waals surface area (Å²) in [6, 6.07) is 9.99. The number of sulfonamides is 1. The highest BCUT2D eigenvalue weighted by Gasteiger charge is 2.32. The van der Waals surface area contributed by atoms with E-state index >= 15 is 0 Å². The van der Waals surface area contributed by atoms with E-state index in [1.165, 1.54) is 4.31 Å². The van der Waals surface area contributed by atoms with Gasteiger partial charge >= 0.3 is 0 Å². The Morgan fingerprint density at radius 2 is 2.00 bits per heavy atom. The lowest BCUT2D eigenvalue weighted by atomic mass is 9.98. The van der Waals surface area contributed by atoms with E-state index in [1.807, 2.05) is 44.2 Å². The molecule has 5 nitrogen and oxygen atoms in total. The van der Waals surface area contributed by atoms with Crippen molar-refractivity contribution < 1.29 is 13.2 Å². The number of carbonyl (C=O) groups excluding carboxylic acids is 1. The lowest BCUT2D eigenvalue weighted by Crippen LogP contribution is -2.47. The molecular weight excluding hydrogens is 324 g/mol. The Labute approximate surface area is 145 Å². The SMILES string of the molecule is CC(C)NC(=O)[C@@H]1CCCN(S(=O)(=O)CCCc2ccccc2)C1. The first kappa shape index (κ1) is 18.9. The third kappa shape index (κ3) is 5.60. The number of benzene rings is 1. The van der Waals surface area contributed by atoms with Gasteiger partial charge in [-0.3, -0.25) is 4.79 Å². The molecule has 0 saturated carbocycles. The minimum absolute atomic E-state index is 0.0332. The van der Waals surface area contributed by atoms with Crippen LogP contribution in [0.4, 0.5) is 0 Å². The van der Waals surface area contributed by atoms with Crippen molar-refractivity contribution in [2.24, 2.45) is 5.92 Å². The molecule has 0 radical (unpaired) electrons. The second kappa shape index (κ2) is 8.62. The van der Waals surface area contributed by atoms with Crippen LogP contribution in [-0.4, -0.2) is 43.5 Å². The van der Waals surface area contributed by atoms with Crippen LogP contribution in [0.2, 0.25) is 0 Å². The summed E-state index contributed by atoms with van der Waals surface area (Å²) in [6.45, 7) is 4.67. The molecule has 24 heavy (non-hydrogen) atoms. The van der Waals surface area contributed by atoms with E-state index in [0.717, 1.165) is 24.8 Å². The molecule has 134 valence electrons. The molecule has 1 saturated heterocycles. The van der Waals surface area contributed by atoms with Gasteiger partial charge in [0.1, 0.15) is 0 Å². The predicted molar refractivity (Wildman–Crippen MR) is 96.1 cm³/mol. The Kier molecular flexibility index (Phi) is 6.80. The molecule has 1 atom stereocenters. The van der Waals surface area contributed by atoms with Gasteiger partial charge in [-0.15, -0.1) is 0 Å². The molecule has 0 aromatic heterocycles. The predicted octanol–water partition coefficient (Wildman–Crippen LogP) is 2.19. The average Bonchev–Trinajstić information content (AvgIpc) is 2.55. The Bertz CT molecular complexity index is 629. The first-order chi connectivity index (χ1) is 11.4. The Hall–Kier alpha value is -1.40. The molecule has 1 heterocycles. The molecule has 6 heteroatoms. The molecule has 0 bridgehead atoms. The van der Waals surface area contributed by atoms with Crippen LogP contribution in [0, 0.1) is 5.92 Å². The van der Waals surface area contributed by atoms with Gasteiger partial charge in [0.2, 0.25) is 15.9 Å². The van der Waals surface area contributed by atoms with E-state index in [2.05, 4.69) is 5.32 Å². The van der Waals surface area contributed by atoms with Crippen LogP contribution in [0.15, 0.2) is 30.3 Å². The fourth-order valence-electron chi connectivity index (χ4n) is 3.04. The van der Waals surface area contributed by atoms with Crippen molar-refractivity contribution in [1.29, 1.82) is 0 Å². The van der Waals surface area contributed by atoms with Gasteiger partial charge < -0.3 is 5.32 Å². The molecule has 0 aliphatic carbocycles. The number of carbonyl (C=O) groups is 1. The smallest absolute Gasteiger partial charge is 0.224 e. The number of nitrogens with one attached hydrogen (secondary N) is 1. The van der Waals surface area contributed by atoms with Crippen LogP contribution in [0.1, 0.15) is 38.7 Å². The number of hydrogen-bond donors (Lipinski definition) is 1. The fourth-order valence-corrected chi connectivity index (χ4v) is 4.63. The topological polar surface area (TPSA) is 66.5 Å². The van der Waals surface area contributed by atoms with Crippen LogP contribution in [0.5, 0.6) is 0 Å². The van der Waals surface area contributed by atoms with Crippen LogP contribution in [0.25, 0.3) is 0 Å². The van der Waals surface area contributed by atoms with Crippen LogP contribution in [-0.2, 0) is 21.2 Å². The molecule has 1 aromatic carbocycles. The van der Waals surface area contributed by atoms with Crippen LogP contribution >= 0.6 is 0 Å². The third-order valence-electron chi connectivity index (χ3n) is 4.29. The minimum atomic E-state index is -3.30. The Morgan fingerprint density at radius 3 is 2.67 bits per heavy atom. The number of amides is 1. The molecule has 1 aromatic rings. The van der Waals surface area contributed by atoms with E-state index in [1.54, 1.807) is 0 Å². The van der Waals surface area contributed by atoms with E-state index in [-0.39, 0.29) is 23.6 Å². The van der Waals surface area contributed by atoms with Gasteiger partial charge in [-0.2, -0.15) is 0 Å². The molecule has 1 aliphatic heterocycles. The second-order valence-corrected chi connectivity index (χ2v) is 8.85. The molecule has 1 aliphatic rings. The monoisotopic (exact) mass is 352 g/mol. The van der Waals surface area contributed by atoms with Crippen molar-refractivity contribution in [3.63, 3.8) is 0 Å². The third-order valence-corrected chi connectivity index (χ3v) is 6.21. The van der Waals surface area contributed by atoms with Crippen molar-refractivity contribution in [3.05, 3.63) is 35.9 Å². The molecule has 0 unspecified atom stereocenters. The van der Waals surface area contributed by atoms with Gasteiger partial charge in [0.25, 0.3) is 0 Å². The van der Waals surface area contributed by atoms with E-state index in [9.17, 15) is 13.2 Å². The fraction of sp³-hybridized carbons (Fsp3) is 0.611. The maximum absolute atomic E-state index is 12.6. The number of nitrogens with zero attached hydrogens (tertiary/aromatic N) is 1. The highest BCUT2D eigenvalue weighted by atomic mass is 32.2. The Morgan fingerprint density at radius 1 is 1.29 bits per heavy atom. The summed E-state index contributed by atoms with van der Waals surface area (Å²) in [5.41, 5.74) is 1.15. The summed E-state index contributed by atoms with van der Waals surface area (Å²) >= 11 is 0. The van der Waals surface area contributed by atoms with Gasteiger partial charge in [-0.05, 0) is 45.1 Å². The van der Waals surface area contributed by atoms with E-state index < -0.39 is 10.0 Å². The lowest BCUT2D eigenvalue weighted by Gasteiger charge is -2.31. The maximum Gasteiger partial charge on any atom is 0.224 e. The summed E-state index contributed by atoms with van der Waals surface area (Å²) in [5, 5.41) is 2.89. The van der Waals surface area contributed by atoms with Gasteiger partial charge in [-0.25, -0.2) is 12.7 Å². The lowest BCUT2D eigenvalue weighted by molar-refractivity contribution is -0.126. The summed E-state index contributed by atoms with van der Waals surface area (Å²) < 4.78 is 26.6. The van der Waals surface area contributed by atoms with Gasteiger partial charge in [0.05, 0.1) is 11.7 Å². The minimum Gasteiger partial charge on any atom is -0.354 e. The molecule has 1 amide bonds. The van der Waals surface area contributed by atoms with Crippen molar-refractivity contribution >= 4 is 15.9 Å². The first-order valence-corrected chi connectivity index (χ1v) is 10.3. The van der Waals surface area contributed by atoms with Crippen molar-refractivity contribution in [2.45, 2.75) is 45.6 Å². The second-order valence-electron chi connectivity index (χ2n) is 6.77. The number of piperidine rings is 1. The van der Waals surface area contributed by atoms with Gasteiger partial charge in [-0.1, -0.05) is 30.3 Å². The highest BCUT2D eigenvalue weighted by Crippen LogP contribution is 2.20. The maximum atomic E-state index is 12.6. The highest BCUT2D eigenvalue weighted by molar-refractivity contribution is 7.89. The largest absolute Gasteiger partial charge is 0.354 e. The summed E-state index contributed by atoms with van der Waals surface area (Å²) in [4.78, 5) is 12.1. The van der Waals surface area contributed by atoms with Crippen LogP contribution < -0.4 is 5.32 Å². The zero-order valence-corrected chi connectivity index (χ0v) is 15.4. The van der Waals surface area contributed by atoms with Crippen molar-refractivity contribution in [3.8, 4) is 0 Å². The number of rotatable bonds is 7. The molecule has 0 spiro atoms. The summed E-state index contributed by atoms with van der Waals surface area (Å²) in [7, 11) is -3.30. The molecule has 1 N–H and O–H groups in total. The zero-order chi connectivity index (χ0) is 17.6. The quantitative estimate of drug-likeness (QED) is 0.818. The standard InChI is InChI=1S/C18H28N2O3S/c1-15(2)19-18(21)17-11-6-12-20(14-17)24(22,23)13-7-10-16-8-4-3-5-9-16/h3-5,8-9,15,17H,6-7,10-14H2,1-2H3,(H,19,21)/t17-/m1/s1. The number of aryl methyl sites for hydroxylation is 1. The number of hydrogen-bond acceptors (Lipinski definition) is 3. The first-order valence-electron chi connectivity index (χ1n) is 8.70. The van der Waals surface area contributed by atoms with E-state index in [0.29, 0.717) is 19.5 Å². The van der Waals surface area contributed by atoms with E-state index in [4.69, 9.17) is 0 Å². The zero-order valence-electron chi connectivity index (χ0n) is 14.6. The van der Waals surface area contributed by atoms with Crippen LogP contribution in [0.3, 0.4) is 0 Å². The van der Waals surface area contributed by atoms with Gasteiger partial charge in [0.15, 0.2) is 0 Å². The Balaban J connectivity index is 1.87. The summed E-state index contributed by atoms with van der Waals surface area (Å²) in [6.07, 6.45) is 2.86. The average molecular weight is 353 g/mol.